The van der Waals surface area contributed by atoms with E-state index < -0.39 is 5.91 Å². The van der Waals surface area contributed by atoms with Crippen molar-refractivity contribution >= 4 is 17.4 Å². The molecule has 0 saturated heterocycles. The van der Waals surface area contributed by atoms with Gasteiger partial charge in [-0.2, -0.15) is 0 Å². The molecular weight excluding hydrogens is 192 g/mol. The zero-order valence-electron chi connectivity index (χ0n) is 9.16. The van der Waals surface area contributed by atoms with Gasteiger partial charge >= 0.3 is 0 Å². The second kappa shape index (κ2) is 3.76. The number of nitrogens with two attached hydrogens (primary N) is 2. The molecule has 0 unspecified atom stereocenters. The lowest BCUT2D eigenvalue weighted by atomic mass is 10.1. The molecule has 0 radical (unpaired) electrons. The molecule has 5 nitrogen and oxygen atoms in total. The van der Waals surface area contributed by atoms with Crippen molar-refractivity contribution in [1.29, 1.82) is 0 Å². The Morgan fingerprint density at radius 1 is 1.47 bits per heavy atom. The van der Waals surface area contributed by atoms with E-state index in [1.165, 1.54) is 12.3 Å². The normalized spacial score (nSPS) is 11.1. The molecule has 0 bridgehead atoms. The maximum absolute atomic E-state index is 11.2. The molecular formula is C10H16N4O. The van der Waals surface area contributed by atoms with E-state index in [1.54, 1.807) is 0 Å². The number of primary amides is 1. The molecule has 1 amide bonds. The van der Waals surface area contributed by atoms with E-state index in [9.17, 15) is 4.79 Å². The van der Waals surface area contributed by atoms with Crippen molar-refractivity contribution in [3.8, 4) is 0 Å². The summed E-state index contributed by atoms with van der Waals surface area (Å²) in [4.78, 5) is 15.1. The molecule has 0 aliphatic rings. The molecule has 1 rings (SSSR count). The Morgan fingerprint density at radius 2 is 2.07 bits per heavy atom. The lowest BCUT2D eigenvalue weighted by Crippen LogP contribution is -2.28. The van der Waals surface area contributed by atoms with Gasteiger partial charge < -0.3 is 16.8 Å². The van der Waals surface area contributed by atoms with Gasteiger partial charge in [-0.1, -0.05) is 0 Å². The zero-order chi connectivity index (χ0) is 11.6. The van der Waals surface area contributed by atoms with Crippen LogP contribution in [0.15, 0.2) is 12.3 Å². The Morgan fingerprint density at radius 3 is 2.53 bits per heavy atom. The van der Waals surface area contributed by atoms with Gasteiger partial charge in [-0.3, -0.25) is 4.79 Å². The Kier molecular flexibility index (Phi) is 2.83. The lowest BCUT2D eigenvalue weighted by molar-refractivity contribution is 0.100. The van der Waals surface area contributed by atoms with Crippen LogP contribution in [0.1, 0.15) is 31.1 Å². The fourth-order valence-corrected chi connectivity index (χ4v) is 1.18. The standard InChI is InChI=1S/C10H16N4O/c1-10(2,3)14-7-5-13-8(11)4-6(7)9(12)15/h4-5,14H,1-3H3,(H2,11,13)(H2,12,15). The van der Waals surface area contributed by atoms with Gasteiger partial charge in [0.1, 0.15) is 5.82 Å². The largest absolute Gasteiger partial charge is 0.384 e. The van der Waals surface area contributed by atoms with Gasteiger partial charge in [0.05, 0.1) is 17.4 Å². The maximum atomic E-state index is 11.2. The van der Waals surface area contributed by atoms with Crippen LogP contribution < -0.4 is 16.8 Å². The number of hydrogen-bond donors (Lipinski definition) is 3. The van der Waals surface area contributed by atoms with Gasteiger partial charge in [-0.25, -0.2) is 4.98 Å². The first-order chi connectivity index (χ1) is 6.79. The first kappa shape index (κ1) is 11.3. The maximum Gasteiger partial charge on any atom is 0.250 e. The summed E-state index contributed by atoms with van der Waals surface area (Å²) in [5.41, 5.74) is 11.5. The number of aromatic nitrogens is 1. The Labute approximate surface area is 88.9 Å². The third-order valence-electron chi connectivity index (χ3n) is 1.70. The van der Waals surface area contributed by atoms with Crippen molar-refractivity contribution in [2.24, 2.45) is 5.73 Å². The van der Waals surface area contributed by atoms with E-state index in [4.69, 9.17) is 11.5 Å². The van der Waals surface area contributed by atoms with E-state index in [1.807, 2.05) is 20.8 Å². The molecule has 82 valence electrons. The highest BCUT2D eigenvalue weighted by atomic mass is 16.1. The van der Waals surface area contributed by atoms with Gasteiger partial charge in [0.25, 0.3) is 5.91 Å². The SMILES string of the molecule is CC(C)(C)Nc1cnc(N)cc1C(N)=O. The number of amides is 1. The highest BCUT2D eigenvalue weighted by molar-refractivity contribution is 5.99. The van der Waals surface area contributed by atoms with Crippen LogP contribution in [0, 0.1) is 0 Å². The summed E-state index contributed by atoms with van der Waals surface area (Å²) >= 11 is 0. The average Bonchev–Trinajstić information content (AvgIpc) is 2.05. The molecule has 0 saturated carbocycles. The van der Waals surface area contributed by atoms with Crippen molar-refractivity contribution in [3.63, 3.8) is 0 Å². The number of hydrogen-bond acceptors (Lipinski definition) is 4. The summed E-state index contributed by atoms with van der Waals surface area (Å²) in [5.74, 6) is -0.237. The van der Waals surface area contributed by atoms with Crippen LogP contribution in [-0.4, -0.2) is 16.4 Å². The minimum Gasteiger partial charge on any atom is -0.384 e. The van der Waals surface area contributed by atoms with E-state index in [0.29, 0.717) is 11.3 Å². The van der Waals surface area contributed by atoms with Gasteiger partial charge in [0, 0.05) is 5.54 Å². The number of carbonyl (C=O) groups is 1. The van der Waals surface area contributed by atoms with E-state index >= 15 is 0 Å². The Bertz CT molecular complexity index is 381. The molecule has 1 aromatic heterocycles. The summed E-state index contributed by atoms with van der Waals surface area (Å²) in [7, 11) is 0. The second-order valence-electron chi connectivity index (χ2n) is 4.39. The third kappa shape index (κ3) is 3.12. The van der Waals surface area contributed by atoms with Crippen LogP contribution in [-0.2, 0) is 0 Å². The van der Waals surface area contributed by atoms with Crippen molar-refractivity contribution in [1.82, 2.24) is 4.98 Å². The van der Waals surface area contributed by atoms with Gasteiger partial charge in [-0.15, -0.1) is 0 Å². The molecule has 0 aliphatic heterocycles. The van der Waals surface area contributed by atoms with Gasteiger partial charge in [0.2, 0.25) is 0 Å². The monoisotopic (exact) mass is 208 g/mol. The summed E-state index contributed by atoms with van der Waals surface area (Å²) in [5, 5.41) is 3.14. The van der Waals surface area contributed by atoms with Crippen LogP contribution in [0.2, 0.25) is 0 Å². The third-order valence-corrected chi connectivity index (χ3v) is 1.70. The number of carbonyl (C=O) groups excluding carboxylic acids is 1. The summed E-state index contributed by atoms with van der Waals surface area (Å²) in [6.45, 7) is 5.94. The van der Waals surface area contributed by atoms with Crippen molar-refractivity contribution in [2.75, 3.05) is 11.1 Å². The zero-order valence-corrected chi connectivity index (χ0v) is 9.16. The summed E-state index contributed by atoms with van der Waals surface area (Å²) in [6, 6.07) is 1.47. The highest BCUT2D eigenvalue weighted by Crippen LogP contribution is 2.20. The highest BCUT2D eigenvalue weighted by Gasteiger charge is 2.15. The fraction of sp³-hybridized carbons (Fsp3) is 0.400. The molecule has 0 fully saturated rings. The first-order valence-corrected chi connectivity index (χ1v) is 4.63. The predicted octanol–water partition coefficient (Wildman–Crippen LogP) is 0.973. The predicted molar refractivity (Wildman–Crippen MR) is 60.5 cm³/mol. The van der Waals surface area contributed by atoms with Crippen LogP contribution in [0.4, 0.5) is 11.5 Å². The number of rotatable bonds is 2. The number of pyridine rings is 1. The summed E-state index contributed by atoms with van der Waals surface area (Å²) in [6.07, 6.45) is 1.51. The molecule has 1 aromatic rings. The molecule has 0 aliphatic carbocycles. The smallest absolute Gasteiger partial charge is 0.250 e. The minimum atomic E-state index is -0.518. The van der Waals surface area contributed by atoms with Crippen LogP contribution in [0.25, 0.3) is 0 Å². The van der Waals surface area contributed by atoms with Crippen LogP contribution in [0.5, 0.6) is 0 Å². The lowest BCUT2D eigenvalue weighted by Gasteiger charge is -2.23. The number of anilines is 2. The van der Waals surface area contributed by atoms with Gasteiger partial charge in [-0.05, 0) is 26.8 Å². The van der Waals surface area contributed by atoms with Crippen LogP contribution in [0.3, 0.4) is 0 Å². The molecule has 5 heteroatoms. The molecule has 5 N–H and O–H groups in total. The first-order valence-electron chi connectivity index (χ1n) is 4.63. The van der Waals surface area contributed by atoms with Crippen molar-refractivity contribution < 1.29 is 4.79 Å². The van der Waals surface area contributed by atoms with E-state index in [0.717, 1.165) is 0 Å². The van der Waals surface area contributed by atoms with E-state index in [2.05, 4.69) is 10.3 Å². The fourth-order valence-electron chi connectivity index (χ4n) is 1.18. The second-order valence-corrected chi connectivity index (χ2v) is 4.39. The molecule has 0 aromatic carbocycles. The minimum absolute atomic E-state index is 0.165. The van der Waals surface area contributed by atoms with Crippen molar-refractivity contribution in [3.05, 3.63) is 17.8 Å². The number of nitrogens with zero attached hydrogens (tertiary/aromatic N) is 1. The average molecular weight is 208 g/mol. The van der Waals surface area contributed by atoms with E-state index in [-0.39, 0.29) is 11.4 Å². The molecule has 0 spiro atoms. The molecule has 1 heterocycles. The Hall–Kier alpha value is -1.78. The van der Waals surface area contributed by atoms with Crippen molar-refractivity contribution in [2.45, 2.75) is 26.3 Å². The molecule has 15 heavy (non-hydrogen) atoms. The number of nitrogen functional groups attached to an aromatic ring is 1. The number of nitrogens with one attached hydrogen (secondary N) is 1. The van der Waals surface area contributed by atoms with Crippen LogP contribution >= 0.6 is 0 Å². The van der Waals surface area contributed by atoms with Gasteiger partial charge in [0.15, 0.2) is 0 Å². The summed E-state index contributed by atoms with van der Waals surface area (Å²) < 4.78 is 0. The Balaban J connectivity index is 3.12. The topological polar surface area (TPSA) is 94.0 Å². The quantitative estimate of drug-likeness (QED) is 0.675. The molecule has 0 atom stereocenters.